The molecule has 4 rings (SSSR count). The number of rotatable bonds is 12. The number of hydrogen-bond donors (Lipinski definition) is 4. The number of methoxy groups -OCH3 is 1. The van der Waals surface area contributed by atoms with Crippen LogP contribution in [0, 0.1) is 0 Å². The fourth-order valence-corrected chi connectivity index (χ4v) is 5.95. The van der Waals surface area contributed by atoms with Gasteiger partial charge < -0.3 is 15.4 Å². The van der Waals surface area contributed by atoms with Gasteiger partial charge in [0.15, 0.2) is 0 Å². The maximum atomic E-state index is 13.6. The number of alkyl carbamates (subject to hydrolysis) is 1. The van der Waals surface area contributed by atoms with E-state index in [0.29, 0.717) is 24.4 Å². The van der Waals surface area contributed by atoms with E-state index >= 15 is 0 Å². The van der Waals surface area contributed by atoms with Crippen molar-refractivity contribution in [2.24, 2.45) is 0 Å². The highest BCUT2D eigenvalue weighted by molar-refractivity contribution is 7.67. The molecule has 1 saturated carbocycles. The van der Waals surface area contributed by atoms with Gasteiger partial charge in [0.2, 0.25) is 5.91 Å². The van der Waals surface area contributed by atoms with Gasteiger partial charge >= 0.3 is 6.09 Å². The van der Waals surface area contributed by atoms with Crippen LogP contribution in [0.2, 0.25) is 0 Å². The SMILES string of the molecule is COC(=O)N[C@@H](Cc1ccccc1)C(=O)N[C@@H](Cc1ccc(NO[SH](=O)=O)cc1)c1nc(C2CCCCC2)cs1. The summed E-state index contributed by atoms with van der Waals surface area (Å²) in [6, 6.07) is 15.2. The summed E-state index contributed by atoms with van der Waals surface area (Å²) in [5.41, 5.74) is 5.70. The third-order valence-corrected chi connectivity index (χ3v) is 8.10. The standard InChI is InChI=1S/C28H34N4O6S2/c1-37-28(34)31-23(16-19-8-4-2-5-9-19)26(33)29-24(17-20-12-14-22(15-13-20)32-38-40(35)36)27-30-25(18-39-27)21-10-6-3-7-11-21/h2,4-5,8-9,12-15,18,21,23-24,32,40H,3,6-7,10-11,16-17H2,1H3,(H,29,33)(H,31,34)/t23-,24-/m0/s1. The average molecular weight is 587 g/mol. The highest BCUT2D eigenvalue weighted by atomic mass is 32.2. The van der Waals surface area contributed by atoms with Gasteiger partial charge in [-0.1, -0.05) is 61.7 Å². The van der Waals surface area contributed by atoms with E-state index in [1.165, 1.54) is 37.7 Å². The Hall–Kier alpha value is -3.48. The van der Waals surface area contributed by atoms with Crippen LogP contribution in [0.4, 0.5) is 10.5 Å². The van der Waals surface area contributed by atoms with Crippen LogP contribution < -0.4 is 16.1 Å². The van der Waals surface area contributed by atoms with Crippen LogP contribution in [0.1, 0.15) is 65.9 Å². The Kier molecular flexibility index (Phi) is 10.9. The zero-order chi connectivity index (χ0) is 28.3. The Morgan fingerprint density at radius 1 is 0.975 bits per heavy atom. The number of anilines is 1. The molecule has 3 aromatic rings. The quantitative estimate of drug-likeness (QED) is 0.181. The van der Waals surface area contributed by atoms with Crippen molar-refractivity contribution in [3.05, 3.63) is 81.8 Å². The molecule has 1 fully saturated rings. The molecule has 214 valence electrons. The second-order valence-electron chi connectivity index (χ2n) is 9.70. The van der Waals surface area contributed by atoms with Gasteiger partial charge in [0.05, 0.1) is 24.5 Å². The number of carbonyl (C=O) groups is 2. The molecule has 2 amide bonds. The lowest BCUT2D eigenvalue weighted by Crippen LogP contribution is -2.49. The smallest absolute Gasteiger partial charge is 0.407 e. The number of nitrogens with one attached hydrogen (secondary N) is 3. The molecule has 40 heavy (non-hydrogen) atoms. The lowest BCUT2D eigenvalue weighted by atomic mass is 9.87. The monoisotopic (exact) mass is 586 g/mol. The topological polar surface area (TPSA) is 136 Å². The number of carbonyl (C=O) groups excluding carboxylic acids is 2. The molecule has 10 nitrogen and oxygen atoms in total. The third kappa shape index (κ3) is 8.77. The average Bonchev–Trinajstić information content (AvgIpc) is 3.47. The molecule has 0 unspecified atom stereocenters. The van der Waals surface area contributed by atoms with Gasteiger partial charge in [0.1, 0.15) is 11.0 Å². The van der Waals surface area contributed by atoms with E-state index < -0.39 is 29.2 Å². The van der Waals surface area contributed by atoms with E-state index in [1.54, 1.807) is 12.1 Å². The molecule has 12 heteroatoms. The van der Waals surface area contributed by atoms with Crippen molar-refractivity contribution in [1.29, 1.82) is 0 Å². The maximum absolute atomic E-state index is 13.6. The fourth-order valence-electron chi connectivity index (χ4n) is 4.81. The molecule has 0 saturated heterocycles. The lowest BCUT2D eigenvalue weighted by Gasteiger charge is -2.23. The molecule has 2 aromatic carbocycles. The van der Waals surface area contributed by atoms with Crippen LogP contribution in [0.3, 0.4) is 0 Å². The van der Waals surface area contributed by atoms with Crippen LogP contribution in [0.5, 0.6) is 0 Å². The first kappa shape index (κ1) is 29.5. The van der Waals surface area contributed by atoms with Gasteiger partial charge in [0, 0.05) is 17.7 Å². The van der Waals surface area contributed by atoms with E-state index in [4.69, 9.17) is 9.72 Å². The molecular weight excluding hydrogens is 552 g/mol. The highest BCUT2D eigenvalue weighted by Gasteiger charge is 2.27. The maximum Gasteiger partial charge on any atom is 0.407 e. The van der Waals surface area contributed by atoms with Crippen LogP contribution in [0.25, 0.3) is 0 Å². The predicted molar refractivity (Wildman–Crippen MR) is 153 cm³/mol. The molecule has 3 N–H and O–H groups in total. The van der Waals surface area contributed by atoms with Crippen molar-refractivity contribution >= 4 is 40.0 Å². The van der Waals surface area contributed by atoms with Crippen molar-refractivity contribution in [3.8, 4) is 0 Å². The molecule has 0 radical (unpaired) electrons. The number of aromatic nitrogens is 1. The molecule has 1 aliphatic rings. The minimum atomic E-state index is -3.03. The minimum absolute atomic E-state index is 0.294. The van der Waals surface area contributed by atoms with Crippen molar-refractivity contribution < 1.29 is 27.0 Å². The van der Waals surface area contributed by atoms with E-state index in [2.05, 4.69) is 25.8 Å². The summed E-state index contributed by atoms with van der Waals surface area (Å²) in [6.07, 6.45) is 5.93. The number of thiol groups is 1. The van der Waals surface area contributed by atoms with Crippen molar-refractivity contribution in [2.75, 3.05) is 12.6 Å². The number of benzene rings is 2. The summed E-state index contributed by atoms with van der Waals surface area (Å²) >= 11 is 1.52. The zero-order valence-corrected chi connectivity index (χ0v) is 23.9. The summed E-state index contributed by atoms with van der Waals surface area (Å²) in [7, 11) is -1.77. The molecule has 2 atom stereocenters. The van der Waals surface area contributed by atoms with Gasteiger partial charge in [-0.25, -0.2) is 23.7 Å². The largest absolute Gasteiger partial charge is 0.453 e. The van der Waals surface area contributed by atoms with Crippen molar-refractivity contribution in [2.45, 2.75) is 62.9 Å². The molecule has 1 heterocycles. The summed E-state index contributed by atoms with van der Waals surface area (Å²) in [5, 5.41) is 8.66. The zero-order valence-electron chi connectivity index (χ0n) is 22.2. The molecule has 1 aliphatic carbocycles. The predicted octanol–water partition coefficient (Wildman–Crippen LogP) is 4.43. The highest BCUT2D eigenvalue weighted by Crippen LogP contribution is 2.34. The molecule has 0 spiro atoms. The van der Waals surface area contributed by atoms with E-state index in [1.807, 2.05) is 42.5 Å². The van der Waals surface area contributed by atoms with Gasteiger partial charge in [-0.3, -0.25) is 4.79 Å². The fraction of sp³-hybridized carbons (Fsp3) is 0.393. The number of ether oxygens (including phenoxy) is 1. The summed E-state index contributed by atoms with van der Waals surface area (Å²) in [6.45, 7) is 0. The summed E-state index contributed by atoms with van der Waals surface area (Å²) in [5.74, 6) is 0.0828. The molecular formula is C28H34N4O6S2. The first-order valence-corrected chi connectivity index (χ1v) is 15.2. The Labute approximate surface area is 239 Å². The van der Waals surface area contributed by atoms with Gasteiger partial charge in [0.25, 0.3) is 11.0 Å². The first-order chi connectivity index (χ1) is 19.4. The lowest BCUT2D eigenvalue weighted by molar-refractivity contribution is -0.123. The third-order valence-electron chi connectivity index (χ3n) is 6.89. The van der Waals surface area contributed by atoms with E-state index in [-0.39, 0.29) is 5.91 Å². The van der Waals surface area contributed by atoms with E-state index in [0.717, 1.165) is 34.7 Å². The Morgan fingerprint density at radius 2 is 1.68 bits per heavy atom. The Bertz CT molecular complexity index is 1320. The number of hydrogen-bond acceptors (Lipinski definition) is 9. The summed E-state index contributed by atoms with van der Waals surface area (Å²) < 4.78 is 30.6. The van der Waals surface area contributed by atoms with Crippen LogP contribution in [-0.2, 0) is 37.6 Å². The number of amides is 2. The number of thiazole rings is 1. The van der Waals surface area contributed by atoms with Gasteiger partial charge in [-0.15, -0.1) is 11.3 Å². The molecule has 0 aliphatic heterocycles. The molecule has 1 aromatic heterocycles. The number of nitrogens with zero attached hydrogens (tertiary/aromatic N) is 1. The van der Waals surface area contributed by atoms with Crippen LogP contribution >= 0.6 is 11.3 Å². The first-order valence-electron chi connectivity index (χ1n) is 13.2. The van der Waals surface area contributed by atoms with Crippen molar-refractivity contribution in [1.82, 2.24) is 15.6 Å². The Morgan fingerprint density at radius 3 is 2.35 bits per heavy atom. The van der Waals surface area contributed by atoms with Gasteiger partial charge in [-0.05, 0) is 42.5 Å². The van der Waals surface area contributed by atoms with Crippen LogP contribution in [0.15, 0.2) is 60.0 Å². The second kappa shape index (κ2) is 14.8. The Balaban J connectivity index is 1.55. The van der Waals surface area contributed by atoms with E-state index in [9.17, 15) is 18.0 Å². The minimum Gasteiger partial charge on any atom is -0.453 e. The second-order valence-corrected chi connectivity index (χ2v) is 11.2. The van der Waals surface area contributed by atoms with Gasteiger partial charge in [-0.2, -0.15) is 4.28 Å². The normalized spacial score (nSPS) is 15.2. The van der Waals surface area contributed by atoms with Crippen LogP contribution in [-0.4, -0.2) is 38.6 Å². The summed E-state index contributed by atoms with van der Waals surface area (Å²) in [4.78, 5) is 30.7. The molecule has 0 bridgehead atoms. The van der Waals surface area contributed by atoms with Crippen molar-refractivity contribution in [3.63, 3.8) is 0 Å².